The van der Waals surface area contributed by atoms with Crippen molar-refractivity contribution >= 4 is 27.5 Å². The van der Waals surface area contributed by atoms with Crippen molar-refractivity contribution in [3.8, 4) is 16.9 Å². The third kappa shape index (κ3) is 4.26. The third-order valence-electron chi connectivity index (χ3n) is 8.02. The minimum atomic E-state index is -0.643. The number of aliphatic hydroxyl groups is 1. The van der Waals surface area contributed by atoms with E-state index in [1.54, 1.807) is 18.0 Å². The second kappa shape index (κ2) is 8.85. The summed E-state index contributed by atoms with van der Waals surface area (Å²) in [5.41, 5.74) is 8.54. The van der Waals surface area contributed by atoms with Gasteiger partial charge < -0.3 is 19.7 Å². The molecule has 0 aliphatic carbocycles. The Bertz CT molecular complexity index is 1620. The first-order chi connectivity index (χ1) is 17.7. The molecule has 192 valence electrons. The van der Waals surface area contributed by atoms with Gasteiger partial charge in [0.25, 0.3) is 0 Å². The number of piperidine rings is 1. The summed E-state index contributed by atoms with van der Waals surface area (Å²) in [6.07, 6.45) is 5.82. The standard InChI is InChI=1S/C30H35N5O2/c1-18-19(2)28-24-12-21(20-8-10-34(11-9-20)16-30(3,4)36)6-7-25(24)33-26(28)14-23(18)22-13-27(37-5)29-31-17-32-35(29)15-22/h6-7,12-15,17,20,33,36H,8-11,16H2,1-5H3. The third-order valence-corrected chi connectivity index (χ3v) is 8.02. The van der Waals surface area contributed by atoms with E-state index in [-0.39, 0.29) is 0 Å². The van der Waals surface area contributed by atoms with Crippen LogP contribution in [0.2, 0.25) is 0 Å². The molecule has 0 atom stereocenters. The molecule has 1 fully saturated rings. The van der Waals surface area contributed by atoms with Gasteiger partial charge in [-0.15, -0.1) is 0 Å². The lowest BCUT2D eigenvalue weighted by molar-refractivity contribution is 0.0282. The van der Waals surface area contributed by atoms with Crippen LogP contribution >= 0.6 is 0 Å². The van der Waals surface area contributed by atoms with Crippen LogP contribution < -0.4 is 4.74 Å². The summed E-state index contributed by atoms with van der Waals surface area (Å²) < 4.78 is 7.38. The highest BCUT2D eigenvalue weighted by Crippen LogP contribution is 2.39. The topological polar surface area (TPSA) is 78.7 Å². The fourth-order valence-electron chi connectivity index (χ4n) is 6.10. The van der Waals surface area contributed by atoms with E-state index in [1.807, 2.05) is 26.1 Å². The summed E-state index contributed by atoms with van der Waals surface area (Å²) in [5, 5.41) is 17.1. The number of pyridine rings is 1. The average molecular weight is 498 g/mol. The Labute approximate surface area is 217 Å². The van der Waals surface area contributed by atoms with E-state index in [2.05, 4.69) is 58.1 Å². The average Bonchev–Trinajstić information content (AvgIpc) is 3.49. The predicted molar refractivity (Wildman–Crippen MR) is 149 cm³/mol. The van der Waals surface area contributed by atoms with Crippen LogP contribution in [0, 0.1) is 13.8 Å². The molecule has 4 heterocycles. The normalized spacial score (nSPS) is 15.8. The van der Waals surface area contributed by atoms with Crippen LogP contribution in [0.4, 0.5) is 0 Å². The van der Waals surface area contributed by atoms with Gasteiger partial charge in [0.1, 0.15) is 6.33 Å². The molecule has 2 aromatic carbocycles. The molecular formula is C30H35N5O2. The van der Waals surface area contributed by atoms with Crippen molar-refractivity contribution in [1.82, 2.24) is 24.5 Å². The summed E-state index contributed by atoms with van der Waals surface area (Å²) in [6.45, 7) is 11.0. The lowest BCUT2D eigenvalue weighted by Crippen LogP contribution is -2.42. The minimum Gasteiger partial charge on any atom is -0.493 e. The van der Waals surface area contributed by atoms with Crippen LogP contribution in [0.1, 0.15) is 49.3 Å². The maximum atomic E-state index is 10.2. The van der Waals surface area contributed by atoms with Crippen LogP contribution in [0.15, 0.2) is 42.9 Å². The number of hydrogen-bond donors (Lipinski definition) is 2. The Kier molecular flexibility index (Phi) is 5.73. The number of aryl methyl sites for hydroxylation is 1. The highest BCUT2D eigenvalue weighted by atomic mass is 16.5. The number of likely N-dealkylation sites (tertiary alicyclic amines) is 1. The maximum Gasteiger partial charge on any atom is 0.197 e. The van der Waals surface area contributed by atoms with E-state index in [0.29, 0.717) is 17.3 Å². The molecule has 5 aromatic rings. The van der Waals surface area contributed by atoms with E-state index in [4.69, 9.17) is 4.74 Å². The summed E-state index contributed by atoms with van der Waals surface area (Å²) in [4.78, 5) is 10.4. The van der Waals surface area contributed by atoms with E-state index >= 15 is 0 Å². The van der Waals surface area contributed by atoms with Gasteiger partial charge in [0, 0.05) is 40.1 Å². The molecule has 0 bridgehead atoms. The lowest BCUT2D eigenvalue weighted by atomic mass is 9.87. The number of nitrogens with zero attached hydrogens (tertiary/aromatic N) is 4. The highest BCUT2D eigenvalue weighted by Gasteiger charge is 2.25. The van der Waals surface area contributed by atoms with Gasteiger partial charge in [0.05, 0.1) is 12.7 Å². The van der Waals surface area contributed by atoms with Crippen molar-refractivity contribution in [2.75, 3.05) is 26.7 Å². The molecule has 1 saturated heterocycles. The molecular weight excluding hydrogens is 462 g/mol. The minimum absolute atomic E-state index is 0.551. The number of methoxy groups -OCH3 is 1. The smallest absolute Gasteiger partial charge is 0.197 e. The molecule has 0 amide bonds. The van der Waals surface area contributed by atoms with Gasteiger partial charge in [-0.3, -0.25) is 0 Å². The number of aromatic nitrogens is 4. The monoisotopic (exact) mass is 497 g/mol. The fraction of sp³-hybridized carbons (Fsp3) is 0.400. The number of β-amino-alcohol motifs (C(OH)–C–C–N with tert-alkyl or cyclic N) is 1. The predicted octanol–water partition coefficient (Wildman–Crippen LogP) is 5.61. The maximum absolute atomic E-state index is 10.2. The molecule has 0 spiro atoms. The highest BCUT2D eigenvalue weighted by molar-refractivity contribution is 6.11. The Morgan fingerprint density at radius 2 is 1.86 bits per heavy atom. The van der Waals surface area contributed by atoms with Gasteiger partial charge in [-0.1, -0.05) is 6.07 Å². The number of nitrogens with one attached hydrogen (secondary N) is 1. The fourth-order valence-corrected chi connectivity index (χ4v) is 6.10. The summed E-state index contributed by atoms with van der Waals surface area (Å²) in [7, 11) is 1.67. The lowest BCUT2D eigenvalue weighted by Gasteiger charge is -2.35. The second-order valence-corrected chi connectivity index (χ2v) is 11.2. The van der Waals surface area contributed by atoms with E-state index in [0.717, 1.165) is 49.1 Å². The summed E-state index contributed by atoms with van der Waals surface area (Å²) >= 11 is 0. The zero-order chi connectivity index (χ0) is 25.9. The van der Waals surface area contributed by atoms with Gasteiger partial charge in [-0.2, -0.15) is 5.10 Å². The van der Waals surface area contributed by atoms with Crippen molar-refractivity contribution in [1.29, 1.82) is 0 Å². The van der Waals surface area contributed by atoms with Crippen molar-refractivity contribution in [3.05, 3.63) is 59.5 Å². The van der Waals surface area contributed by atoms with Crippen LogP contribution in [0.5, 0.6) is 5.75 Å². The van der Waals surface area contributed by atoms with Crippen molar-refractivity contribution in [3.63, 3.8) is 0 Å². The number of ether oxygens (including phenoxy) is 1. The molecule has 6 rings (SSSR count). The number of hydrogen-bond acceptors (Lipinski definition) is 5. The summed E-state index contributed by atoms with van der Waals surface area (Å²) in [5.74, 6) is 1.26. The molecule has 1 aliphatic rings. The van der Waals surface area contributed by atoms with Crippen LogP contribution in [-0.2, 0) is 0 Å². The first kappa shape index (κ1) is 23.9. The van der Waals surface area contributed by atoms with Crippen LogP contribution in [-0.4, -0.2) is 61.9 Å². The molecule has 3 aromatic heterocycles. The number of aromatic amines is 1. The molecule has 7 nitrogen and oxygen atoms in total. The molecule has 0 radical (unpaired) electrons. The quantitative estimate of drug-likeness (QED) is 0.330. The van der Waals surface area contributed by atoms with Gasteiger partial charge >= 0.3 is 0 Å². The zero-order valence-electron chi connectivity index (χ0n) is 22.3. The molecule has 2 N–H and O–H groups in total. The second-order valence-electron chi connectivity index (χ2n) is 11.2. The van der Waals surface area contributed by atoms with Gasteiger partial charge in [0.15, 0.2) is 11.4 Å². The number of benzene rings is 2. The molecule has 0 unspecified atom stereocenters. The van der Waals surface area contributed by atoms with E-state index in [9.17, 15) is 5.11 Å². The van der Waals surface area contributed by atoms with Crippen molar-refractivity contribution in [2.24, 2.45) is 0 Å². The Morgan fingerprint density at radius 1 is 1.08 bits per heavy atom. The first-order valence-corrected chi connectivity index (χ1v) is 13.1. The van der Waals surface area contributed by atoms with Gasteiger partial charge in [-0.25, -0.2) is 9.50 Å². The van der Waals surface area contributed by atoms with Gasteiger partial charge in [-0.05, 0) is 106 Å². The Hall–Kier alpha value is -3.42. The first-order valence-electron chi connectivity index (χ1n) is 13.1. The number of H-pyrrole nitrogens is 1. The largest absolute Gasteiger partial charge is 0.493 e. The van der Waals surface area contributed by atoms with Crippen molar-refractivity contribution in [2.45, 2.75) is 52.1 Å². The number of fused-ring (bicyclic) bond motifs is 4. The molecule has 37 heavy (non-hydrogen) atoms. The SMILES string of the molecule is COc1cc(-c2cc3[nH]c4ccc(C5CCN(CC(C)(C)O)CC5)cc4c3c(C)c2C)cn2ncnc12. The van der Waals surface area contributed by atoms with Gasteiger partial charge in [0.2, 0.25) is 0 Å². The number of rotatable bonds is 5. The van der Waals surface area contributed by atoms with Crippen LogP contribution in [0.25, 0.3) is 38.6 Å². The van der Waals surface area contributed by atoms with Crippen LogP contribution in [0.3, 0.4) is 0 Å². The van der Waals surface area contributed by atoms with E-state index in [1.165, 1.54) is 33.0 Å². The zero-order valence-corrected chi connectivity index (χ0v) is 22.3. The summed E-state index contributed by atoms with van der Waals surface area (Å²) in [6, 6.07) is 11.2. The molecule has 7 heteroatoms. The molecule has 1 aliphatic heterocycles. The Morgan fingerprint density at radius 3 is 2.59 bits per heavy atom. The molecule has 0 saturated carbocycles. The Balaban J connectivity index is 1.38. The van der Waals surface area contributed by atoms with E-state index < -0.39 is 5.60 Å². The van der Waals surface area contributed by atoms with Crippen molar-refractivity contribution < 1.29 is 9.84 Å².